The van der Waals surface area contributed by atoms with E-state index in [0.29, 0.717) is 13.1 Å². The number of carbonyl (C=O) groups excluding carboxylic acids is 1. The molecule has 6 rings (SSSR count). The molecule has 7 heteroatoms. The summed E-state index contributed by atoms with van der Waals surface area (Å²) in [6.07, 6.45) is 2.70. The van der Waals surface area contributed by atoms with Gasteiger partial charge in [-0.05, 0) is 37.0 Å². The number of carbonyl (C=O) groups is 2. The van der Waals surface area contributed by atoms with Crippen molar-refractivity contribution in [3.63, 3.8) is 0 Å². The molecule has 7 nitrogen and oxygen atoms in total. The maximum Gasteiger partial charge on any atom is 0.408 e. The first-order valence-corrected chi connectivity index (χ1v) is 12.2. The van der Waals surface area contributed by atoms with Crippen LogP contribution in [0.4, 0.5) is 10.5 Å². The van der Waals surface area contributed by atoms with Crippen LogP contribution in [0.15, 0.2) is 48.5 Å². The van der Waals surface area contributed by atoms with Crippen molar-refractivity contribution in [2.75, 3.05) is 31.1 Å². The lowest BCUT2D eigenvalue weighted by atomic mass is 9.97. The third-order valence-electron chi connectivity index (χ3n) is 8.01. The van der Waals surface area contributed by atoms with E-state index in [9.17, 15) is 14.7 Å². The number of benzene rings is 2. The molecule has 2 fully saturated rings. The zero-order chi connectivity index (χ0) is 23.4. The van der Waals surface area contributed by atoms with Crippen LogP contribution in [0.2, 0.25) is 0 Å². The third-order valence-corrected chi connectivity index (χ3v) is 8.01. The summed E-state index contributed by atoms with van der Waals surface area (Å²) in [5.74, 6) is 0.133. The minimum absolute atomic E-state index is 0.0596. The number of fused-ring (bicyclic) bond motifs is 6. The number of anilines is 1. The summed E-state index contributed by atoms with van der Waals surface area (Å²) in [6, 6.07) is 16.7. The van der Waals surface area contributed by atoms with E-state index in [0.717, 1.165) is 60.9 Å². The lowest BCUT2D eigenvalue weighted by Gasteiger charge is -2.34. The molecule has 3 aliphatic rings. The topological polar surface area (TPSA) is 69.0 Å². The predicted octanol–water partition coefficient (Wildman–Crippen LogP) is 3.81. The minimum atomic E-state index is -0.817. The number of aryl methyl sites for hydroxylation is 1. The molecule has 0 saturated carbocycles. The van der Waals surface area contributed by atoms with Gasteiger partial charge in [-0.15, -0.1) is 0 Å². The van der Waals surface area contributed by atoms with E-state index >= 15 is 0 Å². The maximum atomic E-state index is 13.1. The van der Waals surface area contributed by atoms with Crippen molar-refractivity contribution in [2.45, 2.75) is 37.8 Å². The van der Waals surface area contributed by atoms with Gasteiger partial charge in [0.25, 0.3) is 0 Å². The standard InChI is InChI=1S/C27H30N4O3/c1-28-23-15-19(30-14-13-29(17-25(30)32)12-11-18-5-3-2-4-6-18)7-9-21(23)26-22-10-8-20(16-24(26)28)31(22)27(33)34/h2-7,9,15,20,22H,8,10-14,16-17H2,1H3,(H,33,34). The largest absolute Gasteiger partial charge is 0.465 e. The Hall–Kier alpha value is -3.32. The van der Waals surface area contributed by atoms with Gasteiger partial charge in [0, 0.05) is 61.5 Å². The highest BCUT2D eigenvalue weighted by atomic mass is 16.4. The van der Waals surface area contributed by atoms with Gasteiger partial charge in [-0.2, -0.15) is 0 Å². The molecular weight excluding hydrogens is 428 g/mol. The van der Waals surface area contributed by atoms with Gasteiger partial charge in [-0.1, -0.05) is 36.4 Å². The summed E-state index contributed by atoms with van der Waals surface area (Å²) in [6.45, 7) is 2.86. The quantitative estimate of drug-likeness (QED) is 0.646. The minimum Gasteiger partial charge on any atom is -0.465 e. The summed E-state index contributed by atoms with van der Waals surface area (Å²) in [5.41, 5.74) is 5.72. The molecule has 0 aliphatic carbocycles. The fraction of sp³-hybridized carbons (Fsp3) is 0.407. The number of amides is 2. The van der Waals surface area contributed by atoms with Crippen LogP contribution in [-0.2, 0) is 24.7 Å². The van der Waals surface area contributed by atoms with E-state index in [4.69, 9.17) is 0 Å². The Bertz CT molecular complexity index is 1270. The second-order valence-corrected chi connectivity index (χ2v) is 9.82. The Kier molecular flexibility index (Phi) is 5.10. The van der Waals surface area contributed by atoms with E-state index in [2.05, 4.69) is 52.9 Å². The maximum absolute atomic E-state index is 13.1. The Morgan fingerprint density at radius 3 is 2.68 bits per heavy atom. The zero-order valence-electron chi connectivity index (χ0n) is 19.5. The van der Waals surface area contributed by atoms with Crippen molar-refractivity contribution in [2.24, 2.45) is 7.05 Å². The molecule has 2 unspecified atom stereocenters. The monoisotopic (exact) mass is 458 g/mol. The Morgan fingerprint density at radius 1 is 1.09 bits per heavy atom. The number of hydrogen-bond donors (Lipinski definition) is 1. The number of carboxylic acid groups (broad SMARTS) is 1. The lowest BCUT2D eigenvalue weighted by Crippen LogP contribution is -2.50. The van der Waals surface area contributed by atoms with E-state index in [1.54, 1.807) is 4.90 Å². The van der Waals surface area contributed by atoms with E-state index in [-0.39, 0.29) is 18.0 Å². The predicted molar refractivity (Wildman–Crippen MR) is 131 cm³/mol. The first-order valence-electron chi connectivity index (χ1n) is 12.2. The lowest BCUT2D eigenvalue weighted by molar-refractivity contribution is -0.121. The highest BCUT2D eigenvalue weighted by molar-refractivity contribution is 5.98. The van der Waals surface area contributed by atoms with E-state index in [1.807, 2.05) is 17.0 Å². The van der Waals surface area contributed by atoms with Crippen LogP contribution in [0.1, 0.15) is 35.7 Å². The van der Waals surface area contributed by atoms with Crippen LogP contribution in [-0.4, -0.2) is 63.7 Å². The van der Waals surface area contributed by atoms with Gasteiger partial charge in [0.1, 0.15) is 0 Å². The normalized spacial score (nSPS) is 22.4. The first-order chi connectivity index (χ1) is 16.5. The molecule has 176 valence electrons. The van der Waals surface area contributed by atoms with Crippen LogP contribution in [0.5, 0.6) is 0 Å². The number of rotatable bonds is 4. The third kappa shape index (κ3) is 3.38. The zero-order valence-corrected chi connectivity index (χ0v) is 19.5. The molecule has 0 spiro atoms. The van der Waals surface area contributed by atoms with Crippen molar-refractivity contribution in [3.05, 3.63) is 65.4 Å². The second kappa shape index (κ2) is 8.17. The molecule has 4 heterocycles. The Labute approximate surface area is 199 Å². The molecule has 2 amide bonds. The van der Waals surface area contributed by atoms with Crippen LogP contribution < -0.4 is 4.90 Å². The summed E-state index contributed by atoms with van der Waals surface area (Å²) >= 11 is 0. The average Bonchev–Trinajstić information content (AvgIpc) is 3.31. The van der Waals surface area contributed by atoms with Gasteiger partial charge >= 0.3 is 6.09 Å². The van der Waals surface area contributed by atoms with E-state index in [1.165, 1.54) is 11.3 Å². The molecule has 2 aromatic carbocycles. The summed E-state index contributed by atoms with van der Waals surface area (Å²) in [7, 11) is 2.07. The molecule has 1 aromatic heterocycles. The average molecular weight is 459 g/mol. The Balaban J connectivity index is 1.22. The molecule has 0 radical (unpaired) electrons. The number of nitrogens with zero attached hydrogens (tertiary/aromatic N) is 4. The number of hydrogen-bond acceptors (Lipinski definition) is 3. The molecule has 34 heavy (non-hydrogen) atoms. The van der Waals surface area contributed by atoms with Crippen LogP contribution >= 0.6 is 0 Å². The fourth-order valence-corrected chi connectivity index (χ4v) is 6.29. The molecule has 2 saturated heterocycles. The van der Waals surface area contributed by atoms with Crippen molar-refractivity contribution in [1.29, 1.82) is 0 Å². The van der Waals surface area contributed by atoms with Crippen molar-refractivity contribution in [1.82, 2.24) is 14.4 Å². The van der Waals surface area contributed by atoms with E-state index < -0.39 is 6.09 Å². The van der Waals surface area contributed by atoms with Crippen molar-refractivity contribution < 1.29 is 14.7 Å². The van der Waals surface area contributed by atoms with Gasteiger partial charge in [-0.25, -0.2) is 4.79 Å². The summed E-state index contributed by atoms with van der Waals surface area (Å²) < 4.78 is 2.22. The highest BCUT2D eigenvalue weighted by Gasteiger charge is 2.45. The smallest absolute Gasteiger partial charge is 0.408 e. The molecule has 3 aliphatic heterocycles. The van der Waals surface area contributed by atoms with Gasteiger partial charge in [0.15, 0.2) is 0 Å². The molecule has 1 N–H and O–H groups in total. The SMILES string of the molecule is Cn1c2c(c3ccc(N4CCN(CCc5ccccc5)CC4=O)cc31)C1CCC(C2)N1C(=O)O. The van der Waals surface area contributed by atoms with Gasteiger partial charge in [0.2, 0.25) is 5.91 Å². The molecule has 2 bridgehead atoms. The number of aromatic nitrogens is 1. The van der Waals surface area contributed by atoms with Crippen molar-refractivity contribution >= 4 is 28.6 Å². The second-order valence-electron chi connectivity index (χ2n) is 9.82. The first kappa shape index (κ1) is 21.2. The van der Waals surface area contributed by atoms with Crippen LogP contribution in [0.3, 0.4) is 0 Å². The van der Waals surface area contributed by atoms with Gasteiger partial charge < -0.3 is 14.6 Å². The summed E-state index contributed by atoms with van der Waals surface area (Å²) in [5, 5.41) is 10.9. The number of piperazine rings is 1. The fourth-order valence-electron chi connectivity index (χ4n) is 6.29. The van der Waals surface area contributed by atoms with Gasteiger partial charge in [0.05, 0.1) is 18.1 Å². The molecule has 2 atom stereocenters. The molecular formula is C27H30N4O3. The van der Waals surface area contributed by atoms with Crippen LogP contribution in [0.25, 0.3) is 10.9 Å². The highest BCUT2D eigenvalue weighted by Crippen LogP contribution is 2.47. The van der Waals surface area contributed by atoms with Gasteiger partial charge in [-0.3, -0.25) is 14.6 Å². The molecule has 3 aromatic rings. The van der Waals surface area contributed by atoms with Crippen molar-refractivity contribution in [3.8, 4) is 0 Å². The van der Waals surface area contributed by atoms with Crippen LogP contribution in [0, 0.1) is 0 Å². The Morgan fingerprint density at radius 2 is 1.91 bits per heavy atom. The summed E-state index contributed by atoms with van der Waals surface area (Å²) in [4.78, 5) is 30.8.